The van der Waals surface area contributed by atoms with Crippen molar-refractivity contribution in [2.24, 2.45) is 17.6 Å². The third-order valence-electron chi connectivity index (χ3n) is 3.63. The minimum absolute atomic E-state index is 0.185. The van der Waals surface area contributed by atoms with E-state index in [1.54, 1.807) is 0 Å². The Balaban J connectivity index is 2.60. The molecule has 18 heavy (non-hydrogen) atoms. The molecule has 0 saturated carbocycles. The summed E-state index contributed by atoms with van der Waals surface area (Å²) in [5.74, 6) is 1.29. The van der Waals surface area contributed by atoms with E-state index >= 15 is 0 Å². The minimum atomic E-state index is 0.185. The van der Waals surface area contributed by atoms with Crippen LogP contribution in [0.2, 0.25) is 0 Å². The molecular formula is C17H29N. The van der Waals surface area contributed by atoms with Gasteiger partial charge in [-0.25, -0.2) is 0 Å². The van der Waals surface area contributed by atoms with E-state index in [-0.39, 0.29) is 6.04 Å². The van der Waals surface area contributed by atoms with Crippen LogP contribution in [0.1, 0.15) is 64.1 Å². The Morgan fingerprint density at radius 2 is 1.67 bits per heavy atom. The Morgan fingerprint density at radius 3 is 2.17 bits per heavy atom. The molecule has 0 saturated heterocycles. The summed E-state index contributed by atoms with van der Waals surface area (Å²) in [7, 11) is 0. The fourth-order valence-electron chi connectivity index (χ4n) is 2.38. The van der Waals surface area contributed by atoms with Crippen LogP contribution in [0.4, 0.5) is 0 Å². The van der Waals surface area contributed by atoms with Gasteiger partial charge < -0.3 is 5.73 Å². The highest BCUT2D eigenvalue weighted by molar-refractivity contribution is 5.25. The van der Waals surface area contributed by atoms with Crippen molar-refractivity contribution in [2.45, 2.75) is 59.4 Å². The third kappa shape index (κ3) is 4.81. The summed E-state index contributed by atoms with van der Waals surface area (Å²) >= 11 is 0. The van der Waals surface area contributed by atoms with E-state index in [0.29, 0.717) is 11.8 Å². The smallest absolute Gasteiger partial charge is 0.0320 e. The van der Waals surface area contributed by atoms with Crippen molar-refractivity contribution in [3.63, 3.8) is 0 Å². The second-order valence-corrected chi connectivity index (χ2v) is 5.98. The molecule has 1 heteroatoms. The molecule has 0 amide bonds. The van der Waals surface area contributed by atoms with Gasteiger partial charge in [-0.05, 0) is 35.8 Å². The normalized spacial score (nSPS) is 14.8. The zero-order valence-corrected chi connectivity index (χ0v) is 12.4. The Morgan fingerprint density at radius 1 is 1.06 bits per heavy atom. The van der Waals surface area contributed by atoms with Crippen LogP contribution in [-0.4, -0.2) is 0 Å². The summed E-state index contributed by atoms with van der Waals surface area (Å²) in [6, 6.07) is 9.09. The van der Waals surface area contributed by atoms with Crippen LogP contribution >= 0.6 is 0 Å². The number of hydrogen-bond acceptors (Lipinski definition) is 1. The van der Waals surface area contributed by atoms with Crippen LogP contribution < -0.4 is 5.73 Å². The molecule has 2 N–H and O–H groups in total. The average molecular weight is 247 g/mol. The molecule has 0 radical (unpaired) electrons. The average Bonchev–Trinajstić information content (AvgIpc) is 2.35. The van der Waals surface area contributed by atoms with Crippen LogP contribution in [0.25, 0.3) is 0 Å². The third-order valence-corrected chi connectivity index (χ3v) is 3.63. The van der Waals surface area contributed by atoms with E-state index in [1.807, 2.05) is 0 Å². The van der Waals surface area contributed by atoms with E-state index in [0.717, 1.165) is 6.42 Å². The molecule has 102 valence electrons. The molecule has 0 heterocycles. The SMILES string of the molecule is CCCCC(C)C(N)c1ccc(CC(C)C)cc1. The molecule has 0 aromatic heterocycles. The molecule has 1 aromatic rings. The number of rotatable bonds is 7. The summed E-state index contributed by atoms with van der Waals surface area (Å²) in [6.07, 6.45) is 4.91. The predicted octanol–water partition coefficient (Wildman–Crippen LogP) is 4.71. The lowest BCUT2D eigenvalue weighted by Crippen LogP contribution is -2.19. The van der Waals surface area contributed by atoms with Crippen LogP contribution in [0.3, 0.4) is 0 Å². The van der Waals surface area contributed by atoms with E-state index in [1.165, 1.54) is 30.4 Å². The Labute approximate surface area is 113 Å². The van der Waals surface area contributed by atoms with Crippen LogP contribution in [0, 0.1) is 11.8 Å². The number of nitrogens with two attached hydrogens (primary N) is 1. The molecule has 0 aliphatic heterocycles. The maximum atomic E-state index is 6.33. The Bertz CT molecular complexity index is 326. The van der Waals surface area contributed by atoms with Gasteiger partial charge in [0.15, 0.2) is 0 Å². The van der Waals surface area contributed by atoms with E-state index in [2.05, 4.69) is 52.0 Å². The molecule has 0 aliphatic carbocycles. The first kappa shape index (κ1) is 15.2. The molecule has 1 rings (SSSR count). The van der Waals surface area contributed by atoms with Crippen molar-refractivity contribution in [3.8, 4) is 0 Å². The highest BCUT2D eigenvalue weighted by Crippen LogP contribution is 2.24. The molecule has 0 bridgehead atoms. The standard InChI is InChI=1S/C17H29N/c1-5-6-7-14(4)17(18)16-10-8-15(9-11-16)12-13(2)3/h8-11,13-14,17H,5-7,12,18H2,1-4H3. The van der Waals surface area contributed by atoms with E-state index in [9.17, 15) is 0 Å². The molecular weight excluding hydrogens is 218 g/mol. The summed E-state index contributed by atoms with van der Waals surface area (Å²) in [5, 5.41) is 0. The van der Waals surface area contributed by atoms with Crippen molar-refractivity contribution in [1.29, 1.82) is 0 Å². The van der Waals surface area contributed by atoms with Gasteiger partial charge in [-0.3, -0.25) is 0 Å². The highest BCUT2D eigenvalue weighted by atomic mass is 14.6. The first-order chi connectivity index (χ1) is 8.54. The number of unbranched alkanes of at least 4 members (excludes halogenated alkanes) is 1. The molecule has 0 spiro atoms. The lowest BCUT2D eigenvalue weighted by molar-refractivity contribution is 0.423. The molecule has 1 aromatic carbocycles. The van der Waals surface area contributed by atoms with Gasteiger partial charge in [0.25, 0.3) is 0 Å². The van der Waals surface area contributed by atoms with Gasteiger partial charge in [0, 0.05) is 6.04 Å². The molecule has 1 nitrogen and oxygen atoms in total. The molecule has 2 atom stereocenters. The van der Waals surface area contributed by atoms with Gasteiger partial charge in [-0.2, -0.15) is 0 Å². The van der Waals surface area contributed by atoms with Crippen LogP contribution in [0.5, 0.6) is 0 Å². The second kappa shape index (κ2) is 7.58. The lowest BCUT2D eigenvalue weighted by atomic mass is 9.90. The van der Waals surface area contributed by atoms with Gasteiger partial charge >= 0.3 is 0 Å². The van der Waals surface area contributed by atoms with Crippen LogP contribution in [0.15, 0.2) is 24.3 Å². The molecule has 0 aliphatic rings. The van der Waals surface area contributed by atoms with Gasteiger partial charge in [0.1, 0.15) is 0 Å². The zero-order chi connectivity index (χ0) is 13.5. The minimum Gasteiger partial charge on any atom is -0.324 e. The summed E-state index contributed by atoms with van der Waals surface area (Å²) in [4.78, 5) is 0. The van der Waals surface area contributed by atoms with E-state index in [4.69, 9.17) is 5.73 Å². The molecule has 0 fully saturated rings. The molecule has 2 unspecified atom stereocenters. The van der Waals surface area contributed by atoms with Crippen molar-refractivity contribution >= 4 is 0 Å². The van der Waals surface area contributed by atoms with Gasteiger partial charge in [-0.1, -0.05) is 64.8 Å². The van der Waals surface area contributed by atoms with Crippen molar-refractivity contribution in [3.05, 3.63) is 35.4 Å². The van der Waals surface area contributed by atoms with Crippen molar-refractivity contribution in [2.75, 3.05) is 0 Å². The largest absolute Gasteiger partial charge is 0.324 e. The van der Waals surface area contributed by atoms with E-state index < -0.39 is 0 Å². The zero-order valence-electron chi connectivity index (χ0n) is 12.4. The number of hydrogen-bond donors (Lipinski definition) is 1. The van der Waals surface area contributed by atoms with Gasteiger partial charge in [0.2, 0.25) is 0 Å². The second-order valence-electron chi connectivity index (χ2n) is 5.98. The Kier molecular flexibility index (Phi) is 6.42. The lowest BCUT2D eigenvalue weighted by Gasteiger charge is -2.20. The number of benzene rings is 1. The quantitative estimate of drug-likeness (QED) is 0.742. The topological polar surface area (TPSA) is 26.0 Å². The summed E-state index contributed by atoms with van der Waals surface area (Å²) in [6.45, 7) is 9.01. The first-order valence-corrected chi connectivity index (χ1v) is 7.39. The highest BCUT2D eigenvalue weighted by Gasteiger charge is 2.14. The summed E-state index contributed by atoms with van der Waals surface area (Å²) < 4.78 is 0. The fourth-order valence-corrected chi connectivity index (χ4v) is 2.38. The first-order valence-electron chi connectivity index (χ1n) is 7.39. The van der Waals surface area contributed by atoms with Gasteiger partial charge in [0.05, 0.1) is 0 Å². The Hall–Kier alpha value is -0.820. The maximum Gasteiger partial charge on any atom is 0.0320 e. The van der Waals surface area contributed by atoms with Crippen LogP contribution in [-0.2, 0) is 6.42 Å². The van der Waals surface area contributed by atoms with Gasteiger partial charge in [-0.15, -0.1) is 0 Å². The predicted molar refractivity (Wildman–Crippen MR) is 80.6 cm³/mol. The summed E-state index contributed by atoms with van der Waals surface area (Å²) in [5.41, 5.74) is 9.03. The monoisotopic (exact) mass is 247 g/mol. The van der Waals surface area contributed by atoms with Crippen molar-refractivity contribution in [1.82, 2.24) is 0 Å². The maximum absolute atomic E-state index is 6.33. The van der Waals surface area contributed by atoms with Crippen molar-refractivity contribution < 1.29 is 0 Å². The fraction of sp³-hybridized carbons (Fsp3) is 0.647.